The molecule has 88 valence electrons. The van der Waals surface area contributed by atoms with E-state index in [9.17, 15) is 9.18 Å². The van der Waals surface area contributed by atoms with Crippen LogP contribution >= 0.6 is 0 Å². The summed E-state index contributed by atoms with van der Waals surface area (Å²) in [6.45, 7) is 5.54. The number of amides is 1. The fourth-order valence-corrected chi connectivity index (χ4v) is 1.38. The number of aliphatic hydroxyl groups is 1. The van der Waals surface area contributed by atoms with Crippen molar-refractivity contribution in [2.45, 2.75) is 45.1 Å². The molecule has 1 heterocycles. The lowest BCUT2D eigenvalue weighted by molar-refractivity contribution is -0.0175. The molecule has 0 saturated carbocycles. The first-order valence-corrected chi connectivity index (χ1v) is 5.09. The van der Waals surface area contributed by atoms with Gasteiger partial charge in [0.15, 0.2) is 0 Å². The van der Waals surface area contributed by atoms with Crippen LogP contribution in [0.15, 0.2) is 0 Å². The normalized spacial score (nSPS) is 27.7. The van der Waals surface area contributed by atoms with Crippen molar-refractivity contribution in [3.05, 3.63) is 0 Å². The van der Waals surface area contributed by atoms with Crippen LogP contribution in [0.25, 0.3) is 0 Å². The Hall–Kier alpha value is -0.840. The van der Waals surface area contributed by atoms with Crippen LogP contribution in [0, 0.1) is 0 Å². The molecule has 1 N–H and O–H groups in total. The van der Waals surface area contributed by atoms with Gasteiger partial charge in [0, 0.05) is 6.54 Å². The quantitative estimate of drug-likeness (QED) is 0.668. The van der Waals surface area contributed by atoms with E-state index in [1.165, 1.54) is 4.90 Å². The van der Waals surface area contributed by atoms with Gasteiger partial charge < -0.3 is 14.7 Å². The third-order valence-electron chi connectivity index (χ3n) is 2.16. The van der Waals surface area contributed by atoms with E-state index in [2.05, 4.69) is 0 Å². The Morgan fingerprint density at radius 1 is 1.53 bits per heavy atom. The van der Waals surface area contributed by atoms with Crippen molar-refractivity contribution in [1.82, 2.24) is 4.90 Å². The number of nitrogens with zero attached hydrogens (tertiary/aromatic N) is 1. The fraction of sp³-hybridized carbons (Fsp3) is 0.900. The molecule has 0 aliphatic carbocycles. The van der Waals surface area contributed by atoms with E-state index in [1.54, 1.807) is 20.8 Å². The number of aliphatic hydroxyl groups excluding tert-OH is 1. The van der Waals surface area contributed by atoms with Crippen molar-refractivity contribution >= 4 is 6.09 Å². The van der Waals surface area contributed by atoms with Gasteiger partial charge >= 0.3 is 6.09 Å². The lowest BCUT2D eigenvalue weighted by atomic mass is 10.1. The topological polar surface area (TPSA) is 49.8 Å². The number of halogens is 1. The second kappa shape index (κ2) is 4.35. The third kappa shape index (κ3) is 3.66. The number of hydrogen-bond acceptors (Lipinski definition) is 3. The van der Waals surface area contributed by atoms with Gasteiger partial charge in [-0.2, -0.15) is 0 Å². The van der Waals surface area contributed by atoms with Crippen molar-refractivity contribution in [2.75, 3.05) is 13.1 Å². The molecule has 0 aromatic rings. The first-order chi connectivity index (χ1) is 6.79. The van der Waals surface area contributed by atoms with Gasteiger partial charge in [-0.05, 0) is 27.2 Å². The summed E-state index contributed by atoms with van der Waals surface area (Å²) in [6.07, 6.45) is -2.58. The van der Waals surface area contributed by atoms with Crippen molar-refractivity contribution < 1.29 is 19.0 Å². The minimum atomic E-state index is -1.37. The summed E-state index contributed by atoms with van der Waals surface area (Å²) in [5.74, 6) is 0. The molecule has 0 spiro atoms. The van der Waals surface area contributed by atoms with Gasteiger partial charge in [-0.3, -0.25) is 0 Å². The standard InChI is InChI=1S/C10H18FNO3/c1-10(2,3)15-9(14)12-5-4-8(13)7(11)6-12/h7-8,13H,4-6H2,1-3H3/t7?,8-/m0/s1. The summed E-state index contributed by atoms with van der Waals surface area (Å²) in [5.41, 5.74) is -0.570. The maximum Gasteiger partial charge on any atom is 0.410 e. The van der Waals surface area contributed by atoms with Crippen LogP contribution in [-0.4, -0.2) is 47.1 Å². The predicted molar refractivity (Wildman–Crippen MR) is 53.3 cm³/mol. The number of hydrogen-bond donors (Lipinski definition) is 1. The van der Waals surface area contributed by atoms with Crippen LogP contribution in [-0.2, 0) is 4.74 Å². The summed E-state index contributed by atoms with van der Waals surface area (Å²) in [7, 11) is 0. The lowest BCUT2D eigenvalue weighted by Gasteiger charge is -2.33. The zero-order chi connectivity index (χ0) is 11.6. The number of ether oxygens (including phenoxy) is 1. The molecule has 0 radical (unpaired) electrons. The first kappa shape index (κ1) is 12.2. The molecule has 1 rings (SSSR count). The van der Waals surface area contributed by atoms with Gasteiger partial charge in [-0.1, -0.05) is 0 Å². The molecule has 1 fully saturated rings. The van der Waals surface area contributed by atoms with Gasteiger partial charge in [0.25, 0.3) is 0 Å². The largest absolute Gasteiger partial charge is 0.444 e. The van der Waals surface area contributed by atoms with Gasteiger partial charge in [0.05, 0.1) is 12.6 Å². The lowest BCUT2D eigenvalue weighted by Crippen LogP contribution is -2.48. The van der Waals surface area contributed by atoms with E-state index in [1.807, 2.05) is 0 Å². The van der Waals surface area contributed by atoms with E-state index in [0.29, 0.717) is 6.54 Å². The van der Waals surface area contributed by atoms with Crippen LogP contribution in [0.4, 0.5) is 9.18 Å². The second-order valence-corrected chi connectivity index (χ2v) is 4.80. The molecule has 1 amide bonds. The first-order valence-electron chi connectivity index (χ1n) is 5.09. The van der Waals surface area contributed by atoms with Gasteiger partial charge in [-0.25, -0.2) is 9.18 Å². The van der Waals surface area contributed by atoms with E-state index < -0.39 is 24.0 Å². The van der Waals surface area contributed by atoms with Crippen LogP contribution < -0.4 is 0 Å². The van der Waals surface area contributed by atoms with E-state index in [0.717, 1.165) is 0 Å². The van der Waals surface area contributed by atoms with E-state index in [4.69, 9.17) is 9.84 Å². The molecule has 5 heteroatoms. The Morgan fingerprint density at radius 3 is 2.60 bits per heavy atom. The van der Waals surface area contributed by atoms with E-state index in [-0.39, 0.29) is 13.0 Å². The molecule has 1 unspecified atom stereocenters. The average molecular weight is 219 g/mol. The van der Waals surface area contributed by atoms with Crippen LogP contribution in [0.2, 0.25) is 0 Å². The number of likely N-dealkylation sites (tertiary alicyclic amines) is 1. The third-order valence-corrected chi connectivity index (χ3v) is 2.16. The van der Waals surface area contributed by atoms with Crippen molar-refractivity contribution in [2.24, 2.45) is 0 Å². The monoisotopic (exact) mass is 219 g/mol. The van der Waals surface area contributed by atoms with Gasteiger partial charge in [0.2, 0.25) is 0 Å². The molecular formula is C10H18FNO3. The minimum Gasteiger partial charge on any atom is -0.444 e. The summed E-state index contributed by atoms with van der Waals surface area (Å²) >= 11 is 0. The highest BCUT2D eigenvalue weighted by Crippen LogP contribution is 2.17. The number of rotatable bonds is 0. The Morgan fingerprint density at radius 2 is 2.13 bits per heavy atom. The fourth-order valence-electron chi connectivity index (χ4n) is 1.38. The summed E-state index contributed by atoms with van der Waals surface area (Å²) in [5, 5.41) is 9.16. The molecular weight excluding hydrogens is 201 g/mol. The summed E-state index contributed by atoms with van der Waals surface area (Å²) in [6, 6.07) is 0. The molecule has 1 aliphatic heterocycles. The maximum atomic E-state index is 13.1. The highest BCUT2D eigenvalue weighted by molar-refractivity contribution is 5.68. The Labute approximate surface area is 89.0 Å². The molecule has 2 atom stereocenters. The number of alkyl halides is 1. The molecule has 1 aliphatic rings. The predicted octanol–water partition coefficient (Wildman–Crippen LogP) is 1.33. The molecule has 0 aromatic carbocycles. The maximum absolute atomic E-state index is 13.1. The summed E-state index contributed by atoms with van der Waals surface area (Å²) < 4.78 is 18.2. The molecule has 1 saturated heterocycles. The van der Waals surface area contributed by atoms with E-state index >= 15 is 0 Å². The van der Waals surface area contributed by atoms with Crippen molar-refractivity contribution in [3.63, 3.8) is 0 Å². The Balaban J connectivity index is 2.48. The highest BCUT2D eigenvalue weighted by atomic mass is 19.1. The summed E-state index contributed by atoms with van der Waals surface area (Å²) in [4.78, 5) is 12.8. The van der Waals surface area contributed by atoms with Crippen molar-refractivity contribution in [3.8, 4) is 0 Å². The number of piperidine rings is 1. The zero-order valence-electron chi connectivity index (χ0n) is 9.36. The molecule has 0 bridgehead atoms. The highest BCUT2D eigenvalue weighted by Gasteiger charge is 2.32. The van der Waals surface area contributed by atoms with Gasteiger partial charge in [0.1, 0.15) is 11.8 Å². The molecule has 0 aromatic heterocycles. The number of carbonyl (C=O) groups excluding carboxylic acids is 1. The Kier molecular flexibility index (Phi) is 3.54. The van der Waals surface area contributed by atoms with Crippen LogP contribution in [0.3, 0.4) is 0 Å². The average Bonchev–Trinajstić information content (AvgIpc) is 2.06. The van der Waals surface area contributed by atoms with Crippen molar-refractivity contribution in [1.29, 1.82) is 0 Å². The molecule has 4 nitrogen and oxygen atoms in total. The Bertz CT molecular complexity index is 239. The second-order valence-electron chi connectivity index (χ2n) is 4.80. The number of carbonyl (C=O) groups is 1. The van der Waals surface area contributed by atoms with Crippen LogP contribution in [0.1, 0.15) is 27.2 Å². The molecule has 15 heavy (non-hydrogen) atoms. The van der Waals surface area contributed by atoms with Crippen LogP contribution in [0.5, 0.6) is 0 Å². The van der Waals surface area contributed by atoms with Gasteiger partial charge in [-0.15, -0.1) is 0 Å². The SMILES string of the molecule is CC(C)(C)OC(=O)N1CC[C@H](O)C(F)C1. The zero-order valence-corrected chi connectivity index (χ0v) is 9.36. The smallest absolute Gasteiger partial charge is 0.410 e. The minimum absolute atomic E-state index is 0.0872.